The van der Waals surface area contributed by atoms with E-state index in [1.807, 2.05) is 36.4 Å². The van der Waals surface area contributed by atoms with E-state index in [0.717, 1.165) is 50.4 Å². The van der Waals surface area contributed by atoms with Gasteiger partial charge in [0.15, 0.2) is 0 Å². The first-order chi connectivity index (χ1) is 28.1. The highest BCUT2D eigenvalue weighted by atomic mass is 16.5. The zero-order chi connectivity index (χ0) is 39.9. The predicted octanol–water partition coefficient (Wildman–Crippen LogP) is 14.2. The van der Waals surface area contributed by atoms with E-state index in [0.29, 0.717) is 17.1 Å². The highest BCUT2D eigenvalue weighted by Crippen LogP contribution is 2.52. The van der Waals surface area contributed by atoms with Gasteiger partial charge >= 0.3 is 0 Å². The van der Waals surface area contributed by atoms with Gasteiger partial charge in [-0.3, -0.25) is 0 Å². The van der Waals surface area contributed by atoms with Crippen molar-refractivity contribution in [2.75, 3.05) is 4.90 Å². The zero-order valence-corrected chi connectivity index (χ0v) is 29.4. The predicted molar refractivity (Wildman–Crippen MR) is 221 cm³/mol. The van der Waals surface area contributed by atoms with Crippen LogP contribution in [0, 0.1) is 0 Å². The molecule has 0 N–H and O–H groups in total. The monoisotopic (exact) mass is 684 g/mol. The molecular weight excluding hydrogens is 643 g/mol. The van der Waals surface area contributed by atoms with Crippen LogP contribution >= 0.6 is 0 Å². The lowest BCUT2D eigenvalue weighted by Gasteiger charge is -2.29. The SMILES string of the molecule is [2H]c1c([2H])c([2H])c(-c2ccc3c(c2)Oc2ccc(N(c4ccc(-c5ccccc5)cc4)c4ccc5c(c4)C(C)(C)c4ccccc4-5)cc2-c2ccccc2-3)c([2H])c1[2H]. The van der Waals surface area contributed by atoms with E-state index >= 15 is 0 Å². The van der Waals surface area contributed by atoms with Crippen molar-refractivity contribution >= 4 is 17.1 Å². The molecule has 1 aliphatic heterocycles. The van der Waals surface area contributed by atoms with E-state index in [1.165, 1.54) is 22.3 Å². The Morgan fingerprint density at radius 3 is 1.79 bits per heavy atom. The summed E-state index contributed by atoms with van der Waals surface area (Å²) in [6.45, 7) is 4.61. The van der Waals surface area contributed by atoms with Crippen molar-refractivity contribution in [3.8, 4) is 67.1 Å². The summed E-state index contributed by atoms with van der Waals surface area (Å²) in [6, 6.07) is 53.0. The Labute approximate surface area is 318 Å². The number of nitrogens with zero attached hydrogens (tertiary/aromatic N) is 1. The molecule has 2 aliphatic rings. The summed E-state index contributed by atoms with van der Waals surface area (Å²) in [5.74, 6) is 1.19. The molecule has 0 spiro atoms. The van der Waals surface area contributed by atoms with Gasteiger partial charge in [0.1, 0.15) is 11.5 Å². The fourth-order valence-corrected chi connectivity index (χ4v) is 8.12. The Hall–Kier alpha value is -6.64. The summed E-state index contributed by atoms with van der Waals surface area (Å²) in [5, 5.41) is 0. The van der Waals surface area contributed by atoms with E-state index in [1.54, 1.807) is 6.07 Å². The minimum absolute atomic E-state index is 0.139. The highest BCUT2D eigenvalue weighted by molar-refractivity contribution is 5.94. The molecule has 0 atom stereocenters. The van der Waals surface area contributed by atoms with Crippen molar-refractivity contribution in [2.45, 2.75) is 19.3 Å². The number of hydrogen-bond acceptors (Lipinski definition) is 2. The van der Waals surface area contributed by atoms with Crippen molar-refractivity contribution in [1.82, 2.24) is 0 Å². The molecule has 0 aromatic heterocycles. The molecule has 0 amide bonds. The Balaban J connectivity index is 1.13. The summed E-state index contributed by atoms with van der Waals surface area (Å²) < 4.78 is 48.7. The Morgan fingerprint density at radius 2 is 1.00 bits per heavy atom. The summed E-state index contributed by atoms with van der Waals surface area (Å²) in [7, 11) is 0. The molecule has 10 rings (SSSR count). The van der Waals surface area contributed by atoms with Crippen molar-refractivity contribution in [2.24, 2.45) is 0 Å². The molecule has 8 aromatic rings. The maximum absolute atomic E-state index is 8.63. The molecule has 252 valence electrons. The van der Waals surface area contributed by atoms with E-state index < -0.39 is 6.04 Å². The van der Waals surface area contributed by atoms with Crippen LogP contribution in [0.1, 0.15) is 31.8 Å². The first kappa shape index (κ1) is 26.2. The number of rotatable bonds is 5. The van der Waals surface area contributed by atoms with E-state index in [9.17, 15) is 0 Å². The molecule has 0 fully saturated rings. The average Bonchev–Trinajstić information content (AvgIpc) is 3.39. The van der Waals surface area contributed by atoms with Crippen LogP contribution < -0.4 is 9.64 Å². The molecule has 0 radical (unpaired) electrons. The van der Waals surface area contributed by atoms with Gasteiger partial charge in [0.25, 0.3) is 0 Å². The van der Waals surface area contributed by atoms with Crippen LogP contribution in [0.4, 0.5) is 17.1 Å². The smallest absolute Gasteiger partial charge is 0.135 e. The van der Waals surface area contributed by atoms with Gasteiger partial charge in [-0.1, -0.05) is 147 Å². The van der Waals surface area contributed by atoms with Gasteiger partial charge in [0, 0.05) is 33.6 Å². The number of hydrogen-bond donors (Lipinski definition) is 0. The normalized spacial score (nSPS) is 14.3. The molecule has 0 saturated carbocycles. The van der Waals surface area contributed by atoms with Crippen LogP contribution in [0.3, 0.4) is 0 Å². The fourth-order valence-electron chi connectivity index (χ4n) is 8.12. The van der Waals surface area contributed by atoms with E-state index in [2.05, 4.69) is 134 Å². The van der Waals surface area contributed by atoms with Gasteiger partial charge < -0.3 is 9.64 Å². The summed E-state index contributed by atoms with van der Waals surface area (Å²) >= 11 is 0. The number of fused-ring (bicyclic) bond motifs is 8. The molecular formula is C51H37NO. The van der Waals surface area contributed by atoms with Gasteiger partial charge in [-0.25, -0.2) is 0 Å². The maximum atomic E-state index is 8.63. The van der Waals surface area contributed by atoms with E-state index in [4.69, 9.17) is 11.6 Å². The fraction of sp³-hybridized carbons (Fsp3) is 0.0588. The molecule has 1 heterocycles. The van der Waals surface area contributed by atoms with Crippen molar-refractivity contribution in [3.63, 3.8) is 0 Å². The third-order valence-corrected chi connectivity index (χ3v) is 10.8. The van der Waals surface area contributed by atoms with Gasteiger partial charge in [0.2, 0.25) is 0 Å². The lowest BCUT2D eigenvalue weighted by atomic mass is 9.82. The largest absolute Gasteiger partial charge is 0.456 e. The summed E-state index contributed by atoms with van der Waals surface area (Å²) in [5.41, 5.74) is 14.6. The Morgan fingerprint density at radius 1 is 0.415 bits per heavy atom. The minimum atomic E-state index is -0.418. The number of anilines is 3. The Kier molecular flexibility index (Phi) is 6.05. The second-order valence-corrected chi connectivity index (χ2v) is 14.2. The van der Waals surface area contributed by atoms with Crippen LogP contribution in [0.25, 0.3) is 55.6 Å². The molecule has 1 aliphatic carbocycles. The second kappa shape index (κ2) is 12.3. The molecule has 2 nitrogen and oxygen atoms in total. The zero-order valence-electron chi connectivity index (χ0n) is 34.4. The van der Waals surface area contributed by atoms with Gasteiger partial charge in [-0.05, 0) is 110 Å². The third-order valence-electron chi connectivity index (χ3n) is 10.8. The molecule has 0 saturated heterocycles. The van der Waals surface area contributed by atoms with Crippen LogP contribution in [-0.4, -0.2) is 0 Å². The quantitative estimate of drug-likeness (QED) is 0.179. The van der Waals surface area contributed by atoms with E-state index in [-0.39, 0.29) is 35.1 Å². The van der Waals surface area contributed by atoms with Crippen LogP contribution in [0.5, 0.6) is 11.5 Å². The molecule has 8 aromatic carbocycles. The van der Waals surface area contributed by atoms with Gasteiger partial charge in [-0.2, -0.15) is 0 Å². The molecule has 0 unspecified atom stereocenters. The van der Waals surface area contributed by atoms with Crippen LogP contribution in [0.2, 0.25) is 0 Å². The van der Waals surface area contributed by atoms with Crippen LogP contribution in [0.15, 0.2) is 188 Å². The number of benzene rings is 8. The maximum Gasteiger partial charge on any atom is 0.135 e. The lowest BCUT2D eigenvalue weighted by Crippen LogP contribution is -2.16. The summed E-state index contributed by atoms with van der Waals surface area (Å²) in [6.07, 6.45) is 0. The van der Waals surface area contributed by atoms with Gasteiger partial charge in [0.05, 0.1) is 6.85 Å². The average molecular weight is 685 g/mol. The first-order valence-corrected chi connectivity index (χ1v) is 17.9. The number of ether oxygens (including phenoxy) is 1. The van der Waals surface area contributed by atoms with Gasteiger partial charge in [-0.15, -0.1) is 0 Å². The Bertz CT molecular complexity index is 2930. The first-order valence-electron chi connectivity index (χ1n) is 20.4. The summed E-state index contributed by atoms with van der Waals surface area (Å²) in [4.78, 5) is 2.31. The lowest BCUT2D eigenvalue weighted by molar-refractivity contribution is 0.488. The molecule has 2 heteroatoms. The van der Waals surface area contributed by atoms with Crippen molar-refractivity contribution in [1.29, 1.82) is 0 Å². The van der Waals surface area contributed by atoms with Crippen LogP contribution in [-0.2, 0) is 5.41 Å². The van der Waals surface area contributed by atoms with Crippen molar-refractivity contribution < 1.29 is 11.6 Å². The second-order valence-electron chi connectivity index (χ2n) is 14.2. The topological polar surface area (TPSA) is 12.5 Å². The standard InChI is InChI=1S/C51H37NO/c1-51(2)47-20-12-11-19-43(47)44-29-26-40(33-48(44)51)52(38-24-21-36(22-25-38)34-13-5-3-6-14-34)39-27-30-49-46(32-39)42-18-10-9-17-41(42)45-28-23-37(31-50(45)53-49)35-15-7-4-8-16-35/h3-33H,1-2H3/i4D,7D,8D,15D,16D. The van der Waals surface area contributed by atoms with Crippen molar-refractivity contribution in [3.05, 3.63) is 199 Å². The molecule has 53 heavy (non-hydrogen) atoms. The minimum Gasteiger partial charge on any atom is -0.456 e. The molecule has 0 bridgehead atoms. The highest BCUT2D eigenvalue weighted by Gasteiger charge is 2.36. The third kappa shape index (κ3) is 5.18.